The smallest absolute Gasteiger partial charge is 0.197 e. The Kier molecular flexibility index (Phi) is 5.17. The quantitative estimate of drug-likeness (QED) is 0.162. The van der Waals surface area contributed by atoms with Gasteiger partial charge in [0.2, 0.25) is 0 Å². The van der Waals surface area contributed by atoms with Crippen LogP contribution >= 0.6 is 0 Å². The van der Waals surface area contributed by atoms with Gasteiger partial charge in [-0.15, -0.1) is 0 Å². The molecule has 1 heterocycles. The Morgan fingerprint density at radius 1 is 0.571 bits per heavy atom. The molecule has 3 nitrogen and oxygen atoms in total. The summed E-state index contributed by atoms with van der Waals surface area (Å²) in [4.78, 5) is 29.4. The number of anilines is 3. The van der Waals surface area contributed by atoms with Gasteiger partial charge in [-0.2, -0.15) is 0 Å². The molecule has 0 fully saturated rings. The van der Waals surface area contributed by atoms with E-state index in [0.29, 0.717) is 11.1 Å². The SMILES string of the molecule is CC1(C)c2cc(C=C3C(=O)c4cc5ccccc5cc4C3=O)ccc2N(c2ccccc2)c2cccc3cccc1c23. The summed E-state index contributed by atoms with van der Waals surface area (Å²) in [7, 11) is 0. The third-order valence-corrected chi connectivity index (χ3v) is 8.92. The average Bonchev–Trinajstić information content (AvgIpc) is 3.19. The summed E-state index contributed by atoms with van der Waals surface area (Å²) < 4.78 is 0. The highest BCUT2D eigenvalue weighted by Gasteiger charge is 2.36. The minimum absolute atomic E-state index is 0.210. The van der Waals surface area contributed by atoms with Crippen LogP contribution < -0.4 is 4.90 Å². The number of carbonyl (C=O) groups is 2. The highest BCUT2D eigenvalue weighted by atomic mass is 16.2. The number of nitrogens with zero attached hydrogens (tertiary/aromatic N) is 1. The second-order valence-electron chi connectivity index (χ2n) is 11.7. The molecule has 6 aromatic rings. The van der Waals surface area contributed by atoms with Crippen LogP contribution in [0, 0.1) is 0 Å². The average molecular weight is 542 g/mol. The maximum atomic E-state index is 13.5. The second kappa shape index (κ2) is 8.86. The lowest BCUT2D eigenvalue weighted by atomic mass is 9.75. The summed E-state index contributed by atoms with van der Waals surface area (Å²) >= 11 is 0. The molecule has 0 spiro atoms. The number of carbonyl (C=O) groups excluding carboxylic acids is 2. The first-order valence-corrected chi connectivity index (χ1v) is 14.3. The van der Waals surface area contributed by atoms with Crippen LogP contribution in [0.1, 0.15) is 51.3 Å². The van der Waals surface area contributed by atoms with Crippen LogP contribution in [0.3, 0.4) is 0 Å². The van der Waals surface area contributed by atoms with E-state index in [2.05, 4.69) is 91.5 Å². The summed E-state index contributed by atoms with van der Waals surface area (Å²) in [6, 6.07) is 41.3. The van der Waals surface area contributed by atoms with Gasteiger partial charge in [-0.3, -0.25) is 9.59 Å². The third kappa shape index (κ3) is 3.47. The van der Waals surface area contributed by atoms with E-state index >= 15 is 0 Å². The number of para-hydroxylation sites is 1. The zero-order chi connectivity index (χ0) is 28.6. The molecule has 0 saturated heterocycles. The lowest BCUT2D eigenvalue weighted by Gasteiger charge is -2.30. The summed E-state index contributed by atoms with van der Waals surface area (Å²) in [5, 5.41) is 4.34. The van der Waals surface area contributed by atoms with Gasteiger partial charge in [0.15, 0.2) is 11.6 Å². The zero-order valence-electron chi connectivity index (χ0n) is 23.4. The molecule has 0 bridgehead atoms. The van der Waals surface area contributed by atoms with Crippen molar-refractivity contribution in [2.45, 2.75) is 19.3 Å². The fourth-order valence-corrected chi connectivity index (χ4v) is 6.80. The molecular formula is C39H27NO2. The Balaban J connectivity index is 1.33. The van der Waals surface area contributed by atoms with Crippen molar-refractivity contribution in [1.82, 2.24) is 0 Å². The van der Waals surface area contributed by atoms with Crippen LogP contribution in [-0.4, -0.2) is 11.6 Å². The molecule has 6 aromatic carbocycles. The topological polar surface area (TPSA) is 37.4 Å². The molecule has 1 aliphatic heterocycles. The van der Waals surface area contributed by atoms with Gasteiger partial charge in [-0.25, -0.2) is 0 Å². The van der Waals surface area contributed by atoms with Crippen molar-refractivity contribution in [3.8, 4) is 0 Å². The number of rotatable bonds is 2. The van der Waals surface area contributed by atoms with Crippen molar-refractivity contribution >= 4 is 56.2 Å². The second-order valence-corrected chi connectivity index (χ2v) is 11.7. The van der Waals surface area contributed by atoms with Crippen molar-refractivity contribution < 1.29 is 9.59 Å². The van der Waals surface area contributed by atoms with Crippen molar-refractivity contribution in [3.63, 3.8) is 0 Å². The van der Waals surface area contributed by atoms with E-state index in [0.717, 1.165) is 39.0 Å². The molecule has 8 rings (SSSR count). The van der Waals surface area contributed by atoms with Crippen molar-refractivity contribution in [1.29, 1.82) is 0 Å². The Morgan fingerprint density at radius 2 is 1.19 bits per heavy atom. The zero-order valence-corrected chi connectivity index (χ0v) is 23.4. The predicted molar refractivity (Wildman–Crippen MR) is 171 cm³/mol. The standard InChI is InChI=1S/C39H27NO2/c1-39(2)32-16-8-12-25-13-9-17-35(36(25)32)40(28-14-4-3-5-15-28)34-19-18-24(21-33(34)39)20-31-37(41)29-22-26-10-6-7-11-27(26)23-30(29)38(31)42/h3-23H,1-2H3. The number of hydrogen-bond donors (Lipinski definition) is 0. The monoisotopic (exact) mass is 541 g/mol. The fourth-order valence-electron chi connectivity index (χ4n) is 6.80. The van der Waals surface area contributed by atoms with Crippen LogP contribution in [0.2, 0.25) is 0 Å². The number of fused-ring (bicyclic) bond motifs is 3. The summed E-state index contributed by atoms with van der Waals surface area (Å²) in [5.74, 6) is -0.420. The van der Waals surface area contributed by atoms with Crippen LogP contribution in [-0.2, 0) is 5.41 Å². The molecule has 0 atom stereocenters. The Labute approximate surface area is 244 Å². The molecule has 0 unspecified atom stereocenters. The third-order valence-electron chi connectivity index (χ3n) is 8.92. The van der Waals surface area contributed by atoms with Crippen molar-refractivity contribution in [2.75, 3.05) is 4.90 Å². The lowest BCUT2D eigenvalue weighted by molar-refractivity contribution is 0.0990. The predicted octanol–water partition coefficient (Wildman–Crippen LogP) is 9.56. The Morgan fingerprint density at radius 3 is 1.88 bits per heavy atom. The van der Waals surface area contributed by atoms with E-state index in [9.17, 15) is 9.59 Å². The molecule has 0 saturated carbocycles. The molecule has 0 amide bonds. The van der Waals surface area contributed by atoms with Gasteiger partial charge in [0.05, 0.1) is 16.9 Å². The van der Waals surface area contributed by atoms with Crippen molar-refractivity contribution in [3.05, 3.63) is 155 Å². The van der Waals surface area contributed by atoms with E-state index in [1.54, 1.807) is 6.08 Å². The highest BCUT2D eigenvalue weighted by molar-refractivity contribution is 6.42. The van der Waals surface area contributed by atoms with Gasteiger partial charge in [-0.05, 0) is 81.4 Å². The van der Waals surface area contributed by atoms with Gasteiger partial charge >= 0.3 is 0 Å². The van der Waals surface area contributed by atoms with Crippen LogP contribution in [0.4, 0.5) is 17.1 Å². The Hall–Kier alpha value is -5.28. The maximum Gasteiger partial charge on any atom is 0.197 e. The molecule has 200 valence electrons. The van der Waals surface area contributed by atoms with E-state index in [4.69, 9.17) is 0 Å². The molecular weight excluding hydrogens is 514 g/mol. The highest BCUT2D eigenvalue weighted by Crippen LogP contribution is 2.51. The lowest BCUT2D eigenvalue weighted by Crippen LogP contribution is -2.20. The molecule has 42 heavy (non-hydrogen) atoms. The molecule has 0 radical (unpaired) electrons. The number of Topliss-reactive ketones (excluding diaryl/α,β-unsaturated/α-hetero) is 2. The molecule has 0 aromatic heterocycles. The first-order chi connectivity index (χ1) is 20.4. The first kappa shape index (κ1) is 24.5. The maximum absolute atomic E-state index is 13.5. The molecule has 0 N–H and O–H groups in total. The fraction of sp³-hybridized carbons (Fsp3) is 0.0769. The van der Waals surface area contributed by atoms with Crippen LogP contribution in [0.5, 0.6) is 0 Å². The summed E-state index contributed by atoms with van der Waals surface area (Å²) in [6.07, 6.45) is 1.77. The molecule has 1 aliphatic carbocycles. The van der Waals surface area contributed by atoms with Crippen LogP contribution in [0.15, 0.2) is 127 Å². The van der Waals surface area contributed by atoms with E-state index < -0.39 is 0 Å². The van der Waals surface area contributed by atoms with Crippen molar-refractivity contribution in [2.24, 2.45) is 0 Å². The number of allylic oxidation sites excluding steroid dienone is 1. The molecule has 2 aliphatic rings. The minimum Gasteiger partial charge on any atom is -0.310 e. The number of hydrogen-bond acceptors (Lipinski definition) is 3. The Bertz CT molecular complexity index is 2090. The number of ketones is 2. The normalized spacial score (nSPS) is 15.1. The van der Waals surface area contributed by atoms with E-state index in [1.807, 2.05) is 48.5 Å². The van der Waals surface area contributed by atoms with Crippen LogP contribution in [0.25, 0.3) is 27.6 Å². The summed E-state index contributed by atoms with van der Waals surface area (Å²) in [6.45, 7) is 4.52. The van der Waals surface area contributed by atoms with E-state index in [1.165, 1.54) is 16.3 Å². The number of benzene rings is 6. The van der Waals surface area contributed by atoms with Gasteiger partial charge in [0.25, 0.3) is 0 Å². The van der Waals surface area contributed by atoms with Gasteiger partial charge in [-0.1, -0.05) is 92.7 Å². The summed E-state index contributed by atoms with van der Waals surface area (Å²) in [5.41, 5.74) is 7.33. The van der Waals surface area contributed by atoms with Gasteiger partial charge < -0.3 is 4.90 Å². The largest absolute Gasteiger partial charge is 0.310 e. The van der Waals surface area contributed by atoms with Gasteiger partial charge in [0, 0.05) is 27.6 Å². The molecule has 3 heteroatoms. The van der Waals surface area contributed by atoms with E-state index in [-0.39, 0.29) is 22.6 Å². The van der Waals surface area contributed by atoms with Gasteiger partial charge in [0.1, 0.15) is 0 Å². The minimum atomic E-state index is -0.354. The first-order valence-electron chi connectivity index (χ1n) is 14.3.